The van der Waals surface area contributed by atoms with E-state index in [2.05, 4.69) is 16.0 Å². The first-order valence-electron chi connectivity index (χ1n) is 16.9. The maximum atomic E-state index is 13.7. The van der Waals surface area contributed by atoms with Gasteiger partial charge in [-0.15, -0.1) is 11.8 Å². The standard InChI is InChI=1S/C44H36ClN3O4S/c1-30-17-20-36(28-39(30)45)47-44(51)41(33-13-7-3-8-14-33)53-38-25-21-35(22-26-38)46-43(50)40(48-42(49)34-15-9-4-10-16-34)27-31-18-23-37(24-19-31)52-29-32-11-5-2-6-12-32/h2-28,41H,29H2,1H3,(H,46,50)(H,47,51)(H,48,49)/b40-27-. The number of benzene rings is 6. The van der Waals surface area contributed by atoms with Gasteiger partial charge in [0.15, 0.2) is 0 Å². The van der Waals surface area contributed by atoms with Crippen LogP contribution in [0, 0.1) is 6.92 Å². The summed E-state index contributed by atoms with van der Waals surface area (Å²) in [4.78, 5) is 41.2. The van der Waals surface area contributed by atoms with Gasteiger partial charge >= 0.3 is 0 Å². The zero-order valence-electron chi connectivity index (χ0n) is 28.8. The predicted octanol–water partition coefficient (Wildman–Crippen LogP) is 10.1. The van der Waals surface area contributed by atoms with Crippen molar-refractivity contribution in [2.75, 3.05) is 10.6 Å². The predicted molar refractivity (Wildman–Crippen MR) is 214 cm³/mol. The van der Waals surface area contributed by atoms with Crippen LogP contribution in [0.5, 0.6) is 5.75 Å². The number of amides is 3. The molecule has 0 aliphatic carbocycles. The Hall–Kier alpha value is -6.09. The molecule has 6 aromatic rings. The molecule has 6 rings (SSSR count). The van der Waals surface area contributed by atoms with Crippen molar-refractivity contribution in [1.29, 1.82) is 0 Å². The van der Waals surface area contributed by atoms with Crippen LogP contribution in [0.25, 0.3) is 6.08 Å². The number of hydrogen-bond acceptors (Lipinski definition) is 5. The first kappa shape index (κ1) is 36.7. The van der Waals surface area contributed by atoms with Crippen molar-refractivity contribution in [2.45, 2.75) is 23.7 Å². The number of halogens is 1. The van der Waals surface area contributed by atoms with Crippen LogP contribution in [0.15, 0.2) is 168 Å². The molecule has 7 nitrogen and oxygen atoms in total. The van der Waals surface area contributed by atoms with Gasteiger partial charge in [0, 0.05) is 26.9 Å². The molecule has 0 heterocycles. The van der Waals surface area contributed by atoms with Crippen LogP contribution in [-0.4, -0.2) is 17.7 Å². The Morgan fingerprint density at radius 3 is 2.00 bits per heavy atom. The number of nitrogens with one attached hydrogen (secondary N) is 3. The fourth-order valence-electron chi connectivity index (χ4n) is 5.24. The molecule has 0 aliphatic heterocycles. The lowest BCUT2D eigenvalue weighted by Gasteiger charge is -2.18. The smallest absolute Gasteiger partial charge is 0.272 e. The summed E-state index contributed by atoms with van der Waals surface area (Å²) in [6.45, 7) is 2.33. The molecule has 0 fully saturated rings. The average Bonchev–Trinajstić information content (AvgIpc) is 3.19. The highest BCUT2D eigenvalue weighted by Crippen LogP contribution is 2.37. The van der Waals surface area contributed by atoms with Crippen LogP contribution in [0.3, 0.4) is 0 Å². The minimum atomic E-state index is -0.561. The van der Waals surface area contributed by atoms with Crippen LogP contribution in [0.1, 0.15) is 37.9 Å². The van der Waals surface area contributed by atoms with Gasteiger partial charge in [-0.25, -0.2) is 0 Å². The number of anilines is 2. The molecule has 6 aromatic carbocycles. The third kappa shape index (κ3) is 10.5. The van der Waals surface area contributed by atoms with Gasteiger partial charge in [0.2, 0.25) is 5.91 Å². The number of ether oxygens (including phenoxy) is 1. The Bertz CT molecular complexity index is 2200. The number of hydrogen-bond donors (Lipinski definition) is 3. The number of aryl methyl sites for hydroxylation is 1. The molecule has 0 aliphatic rings. The minimum Gasteiger partial charge on any atom is -0.489 e. The van der Waals surface area contributed by atoms with Gasteiger partial charge in [0.25, 0.3) is 11.8 Å². The molecule has 3 N–H and O–H groups in total. The van der Waals surface area contributed by atoms with Gasteiger partial charge in [-0.05, 0) is 95.9 Å². The zero-order valence-corrected chi connectivity index (χ0v) is 30.4. The van der Waals surface area contributed by atoms with Crippen molar-refractivity contribution < 1.29 is 19.1 Å². The van der Waals surface area contributed by atoms with Gasteiger partial charge in [-0.3, -0.25) is 14.4 Å². The Morgan fingerprint density at radius 1 is 0.717 bits per heavy atom. The van der Waals surface area contributed by atoms with E-state index in [-0.39, 0.29) is 11.6 Å². The summed E-state index contributed by atoms with van der Waals surface area (Å²) >= 11 is 7.69. The van der Waals surface area contributed by atoms with Crippen molar-refractivity contribution >= 4 is 58.5 Å². The van der Waals surface area contributed by atoms with E-state index in [1.165, 1.54) is 11.8 Å². The third-order valence-corrected chi connectivity index (χ3v) is 9.79. The molecule has 0 bridgehead atoms. The van der Waals surface area contributed by atoms with E-state index >= 15 is 0 Å². The van der Waals surface area contributed by atoms with Crippen molar-refractivity contribution in [3.8, 4) is 5.75 Å². The van der Waals surface area contributed by atoms with Crippen molar-refractivity contribution in [3.63, 3.8) is 0 Å². The van der Waals surface area contributed by atoms with Crippen molar-refractivity contribution in [2.24, 2.45) is 0 Å². The Morgan fingerprint density at radius 2 is 1.34 bits per heavy atom. The second-order valence-corrected chi connectivity index (χ2v) is 13.6. The van der Waals surface area contributed by atoms with E-state index in [0.29, 0.717) is 39.9 Å². The lowest BCUT2D eigenvalue weighted by molar-refractivity contribution is -0.116. The Kier molecular flexibility index (Phi) is 12.4. The number of rotatable bonds is 13. The van der Waals surface area contributed by atoms with Crippen LogP contribution < -0.4 is 20.7 Å². The van der Waals surface area contributed by atoms with Crippen LogP contribution in [0.4, 0.5) is 11.4 Å². The second-order valence-electron chi connectivity index (χ2n) is 12.1. The minimum absolute atomic E-state index is 0.0623. The molecule has 0 saturated heterocycles. The Balaban J connectivity index is 1.16. The van der Waals surface area contributed by atoms with E-state index in [1.807, 2.05) is 122 Å². The maximum absolute atomic E-state index is 13.7. The average molecular weight is 738 g/mol. The maximum Gasteiger partial charge on any atom is 0.272 e. The summed E-state index contributed by atoms with van der Waals surface area (Å²) in [5, 5.41) is 8.68. The normalized spacial score (nSPS) is 11.6. The van der Waals surface area contributed by atoms with Crippen molar-refractivity contribution in [3.05, 3.63) is 196 Å². The molecule has 1 unspecified atom stereocenters. The first-order valence-corrected chi connectivity index (χ1v) is 18.1. The van der Waals surface area contributed by atoms with E-state index in [0.717, 1.165) is 21.6 Å². The zero-order chi connectivity index (χ0) is 37.0. The number of carbonyl (C=O) groups excluding carboxylic acids is 3. The molecule has 3 amide bonds. The molecular weight excluding hydrogens is 702 g/mol. The molecule has 264 valence electrons. The molecule has 0 spiro atoms. The fraction of sp³-hybridized carbons (Fsp3) is 0.0682. The fourth-order valence-corrected chi connectivity index (χ4v) is 6.45. The molecule has 53 heavy (non-hydrogen) atoms. The monoisotopic (exact) mass is 737 g/mol. The molecule has 9 heteroatoms. The van der Waals surface area contributed by atoms with E-state index in [1.54, 1.807) is 48.5 Å². The SMILES string of the molecule is Cc1ccc(NC(=O)C(Sc2ccc(NC(=O)/C(=C/c3ccc(OCc4ccccc4)cc3)NC(=O)c3ccccc3)cc2)c2ccccc2)cc1Cl. The van der Waals surface area contributed by atoms with E-state index in [9.17, 15) is 14.4 Å². The number of carbonyl (C=O) groups is 3. The topological polar surface area (TPSA) is 96.5 Å². The van der Waals surface area contributed by atoms with Crippen LogP contribution in [0.2, 0.25) is 5.02 Å². The summed E-state index contributed by atoms with van der Waals surface area (Å²) in [5.41, 5.74) is 5.11. The molecule has 1 atom stereocenters. The molecule has 0 saturated carbocycles. The van der Waals surface area contributed by atoms with Crippen LogP contribution >= 0.6 is 23.4 Å². The van der Waals surface area contributed by atoms with Gasteiger partial charge in [-0.1, -0.05) is 109 Å². The van der Waals surface area contributed by atoms with Gasteiger partial charge in [0.1, 0.15) is 23.3 Å². The summed E-state index contributed by atoms with van der Waals surface area (Å²) in [5.74, 6) is -0.440. The van der Waals surface area contributed by atoms with Gasteiger partial charge < -0.3 is 20.7 Å². The summed E-state index contributed by atoms with van der Waals surface area (Å²) in [7, 11) is 0. The summed E-state index contributed by atoms with van der Waals surface area (Å²) < 4.78 is 5.91. The lowest BCUT2D eigenvalue weighted by Crippen LogP contribution is -2.30. The summed E-state index contributed by atoms with van der Waals surface area (Å²) in [6, 6.07) is 48.0. The molecule has 0 radical (unpaired) electrons. The highest BCUT2D eigenvalue weighted by Gasteiger charge is 2.23. The quantitative estimate of drug-likeness (QED) is 0.0810. The van der Waals surface area contributed by atoms with Gasteiger partial charge in [-0.2, -0.15) is 0 Å². The first-order chi connectivity index (χ1) is 25.8. The molecule has 0 aromatic heterocycles. The lowest BCUT2D eigenvalue weighted by atomic mass is 10.1. The van der Waals surface area contributed by atoms with Crippen molar-refractivity contribution in [1.82, 2.24) is 5.32 Å². The van der Waals surface area contributed by atoms with E-state index < -0.39 is 17.1 Å². The largest absolute Gasteiger partial charge is 0.489 e. The third-order valence-electron chi connectivity index (χ3n) is 8.11. The Labute approximate surface area is 318 Å². The van der Waals surface area contributed by atoms with E-state index in [4.69, 9.17) is 16.3 Å². The summed E-state index contributed by atoms with van der Waals surface area (Å²) in [6.07, 6.45) is 1.62. The highest BCUT2D eigenvalue weighted by atomic mass is 35.5. The second kappa shape index (κ2) is 17.9. The highest BCUT2D eigenvalue weighted by molar-refractivity contribution is 8.00. The van der Waals surface area contributed by atoms with Crippen LogP contribution in [-0.2, 0) is 16.2 Å². The number of thioether (sulfide) groups is 1. The van der Waals surface area contributed by atoms with Gasteiger partial charge in [0.05, 0.1) is 0 Å². The molecular formula is C44H36ClN3O4S.